The number of amides is 1. The van der Waals surface area contributed by atoms with Crippen molar-refractivity contribution in [1.82, 2.24) is 5.32 Å². The van der Waals surface area contributed by atoms with E-state index in [4.69, 9.17) is 4.74 Å². The third kappa shape index (κ3) is 4.87. The Labute approximate surface area is 102 Å². The number of benzene rings is 1. The highest BCUT2D eigenvalue weighted by atomic mass is 16.5. The van der Waals surface area contributed by atoms with Gasteiger partial charge in [0.05, 0.1) is 12.5 Å². The van der Waals surface area contributed by atoms with Gasteiger partial charge in [0.2, 0.25) is 5.91 Å². The summed E-state index contributed by atoms with van der Waals surface area (Å²) in [5.74, 6) is 0.0403. The van der Waals surface area contributed by atoms with E-state index >= 15 is 0 Å². The molecule has 0 aliphatic rings. The van der Waals surface area contributed by atoms with Gasteiger partial charge in [-0.3, -0.25) is 4.79 Å². The van der Waals surface area contributed by atoms with E-state index in [-0.39, 0.29) is 24.2 Å². The van der Waals surface area contributed by atoms with Crippen molar-refractivity contribution in [3.8, 4) is 5.75 Å². The molecule has 4 nitrogen and oxygen atoms in total. The van der Waals surface area contributed by atoms with Crippen LogP contribution in [0.2, 0.25) is 0 Å². The summed E-state index contributed by atoms with van der Waals surface area (Å²) >= 11 is 0. The maximum absolute atomic E-state index is 11.6. The number of carbonyl (C=O) groups excluding carboxylic acids is 1. The van der Waals surface area contributed by atoms with Gasteiger partial charge in [-0.05, 0) is 19.9 Å². The van der Waals surface area contributed by atoms with Gasteiger partial charge in [0.15, 0.2) is 0 Å². The minimum atomic E-state index is -0.113. The van der Waals surface area contributed by atoms with Crippen molar-refractivity contribution in [2.24, 2.45) is 0 Å². The standard InChI is InChI=1S/C13H19NO3/c1-3-17-10(2)9-14-13(16)8-11-6-4-5-7-12(11)15/h4-7,10,15H,3,8-9H2,1-2H3,(H,14,16). The highest BCUT2D eigenvalue weighted by molar-refractivity contribution is 5.79. The number of carbonyl (C=O) groups is 1. The van der Waals surface area contributed by atoms with E-state index in [1.54, 1.807) is 24.3 Å². The first-order valence-electron chi connectivity index (χ1n) is 5.78. The second-order valence-electron chi connectivity index (χ2n) is 3.88. The van der Waals surface area contributed by atoms with Gasteiger partial charge in [-0.2, -0.15) is 0 Å². The molecular formula is C13H19NO3. The Morgan fingerprint density at radius 3 is 2.82 bits per heavy atom. The lowest BCUT2D eigenvalue weighted by atomic mass is 10.1. The van der Waals surface area contributed by atoms with Crippen LogP contribution in [0, 0.1) is 0 Å². The molecule has 0 saturated carbocycles. The van der Waals surface area contributed by atoms with Gasteiger partial charge in [-0.1, -0.05) is 18.2 Å². The molecular weight excluding hydrogens is 218 g/mol. The van der Waals surface area contributed by atoms with Crippen molar-refractivity contribution in [1.29, 1.82) is 0 Å². The Kier molecular flexibility index (Phi) is 5.49. The van der Waals surface area contributed by atoms with Crippen molar-refractivity contribution in [3.05, 3.63) is 29.8 Å². The lowest BCUT2D eigenvalue weighted by Gasteiger charge is -2.12. The molecule has 1 rings (SSSR count). The topological polar surface area (TPSA) is 58.6 Å². The highest BCUT2D eigenvalue weighted by Gasteiger charge is 2.08. The maximum atomic E-state index is 11.6. The smallest absolute Gasteiger partial charge is 0.224 e. The molecule has 4 heteroatoms. The van der Waals surface area contributed by atoms with Crippen LogP contribution in [-0.2, 0) is 16.0 Å². The molecule has 0 bridgehead atoms. The van der Waals surface area contributed by atoms with Crippen molar-refractivity contribution in [2.45, 2.75) is 26.4 Å². The minimum Gasteiger partial charge on any atom is -0.508 e. The third-order valence-corrected chi connectivity index (χ3v) is 2.38. The fourth-order valence-electron chi connectivity index (χ4n) is 1.50. The normalized spacial score (nSPS) is 12.1. The van der Waals surface area contributed by atoms with E-state index in [0.29, 0.717) is 18.7 Å². The molecule has 0 fully saturated rings. The van der Waals surface area contributed by atoms with Crippen molar-refractivity contribution < 1.29 is 14.6 Å². The van der Waals surface area contributed by atoms with Crippen LogP contribution in [0.15, 0.2) is 24.3 Å². The molecule has 0 heterocycles. The Morgan fingerprint density at radius 1 is 1.47 bits per heavy atom. The first-order chi connectivity index (χ1) is 8.13. The van der Waals surface area contributed by atoms with Gasteiger partial charge in [-0.15, -0.1) is 0 Å². The molecule has 1 amide bonds. The lowest BCUT2D eigenvalue weighted by Crippen LogP contribution is -2.33. The summed E-state index contributed by atoms with van der Waals surface area (Å²) in [5.41, 5.74) is 0.633. The number of rotatable bonds is 6. The number of para-hydroxylation sites is 1. The molecule has 0 aliphatic carbocycles. The molecule has 0 saturated heterocycles. The average molecular weight is 237 g/mol. The van der Waals surface area contributed by atoms with Crippen molar-refractivity contribution in [2.75, 3.05) is 13.2 Å². The van der Waals surface area contributed by atoms with Crippen LogP contribution in [0.5, 0.6) is 5.75 Å². The Balaban J connectivity index is 2.37. The van der Waals surface area contributed by atoms with Crippen LogP contribution in [0.25, 0.3) is 0 Å². The monoisotopic (exact) mass is 237 g/mol. The SMILES string of the molecule is CCOC(C)CNC(=O)Cc1ccccc1O. The fraction of sp³-hybridized carbons (Fsp3) is 0.462. The van der Waals surface area contributed by atoms with E-state index in [0.717, 1.165) is 0 Å². The summed E-state index contributed by atoms with van der Waals surface area (Å²) < 4.78 is 5.30. The van der Waals surface area contributed by atoms with Gasteiger partial charge >= 0.3 is 0 Å². The number of hydrogen-bond acceptors (Lipinski definition) is 3. The van der Waals surface area contributed by atoms with E-state index in [2.05, 4.69) is 5.32 Å². The molecule has 0 radical (unpaired) electrons. The predicted octanol–water partition coefficient (Wildman–Crippen LogP) is 1.48. The molecule has 0 aromatic heterocycles. The summed E-state index contributed by atoms with van der Waals surface area (Å²) in [5, 5.41) is 12.3. The van der Waals surface area contributed by atoms with Crippen LogP contribution in [0.3, 0.4) is 0 Å². The Hall–Kier alpha value is -1.55. The molecule has 1 atom stereocenters. The summed E-state index contributed by atoms with van der Waals surface area (Å²) in [4.78, 5) is 11.6. The number of phenols is 1. The molecule has 1 aromatic carbocycles. The second kappa shape index (κ2) is 6.91. The van der Waals surface area contributed by atoms with Crippen LogP contribution < -0.4 is 5.32 Å². The van der Waals surface area contributed by atoms with Crippen LogP contribution >= 0.6 is 0 Å². The lowest BCUT2D eigenvalue weighted by molar-refractivity contribution is -0.121. The zero-order chi connectivity index (χ0) is 12.7. The van der Waals surface area contributed by atoms with Gasteiger partial charge in [-0.25, -0.2) is 0 Å². The molecule has 94 valence electrons. The molecule has 2 N–H and O–H groups in total. The molecule has 1 aromatic rings. The molecule has 0 spiro atoms. The first-order valence-corrected chi connectivity index (χ1v) is 5.78. The van der Waals surface area contributed by atoms with E-state index in [1.165, 1.54) is 0 Å². The Morgan fingerprint density at radius 2 is 2.18 bits per heavy atom. The van der Waals surface area contributed by atoms with Crippen LogP contribution in [0.1, 0.15) is 19.4 Å². The number of phenolic OH excluding ortho intramolecular Hbond substituents is 1. The zero-order valence-corrected chi connectivity index (χ0v) is 10.3. The van der Waals surface area contributed by atoms with Gasteiger partial charge in [0.1, 0.15) is 5.75 Å². The number of ether oxygens (including phenoxy) is 1. The third-order valence-electron chi connectivity index (χ3n) is 2.38. The molecule has 17 heavy (non-hydrogen) atoms. The Bertz CT molecular complexity index is 365. The van der Waals surface area contributed by atoms with Crippen molar-refractivity contribution in [3.63, 3.8) is 0 Å². The number of hydrogen-bond donors (Lipinski definition) is 2. The summed E-state index contributed by atoms with van der Waals surface area (Å²) in [7, 11) is 0. The molecule has 0 aliphatic heterocycles. The number of aromatic hydroxyl groups is 1. The van der Waals surface area contributed by atoms with Crippen LogP contribution in [0.4, 0.5) is 0 Å². The second-order valence-corrected chi connectivity index (χ2v) is 3.88. The predicted molar refractivity (Wildman–Crippen MR) is 65.9 cm³/mol. The molecule has 1 unspecified atom stereocenters. The first kappa shape index (κ1) is 13.5. The summed E-state index contributed by atoms with van der Waals surface area (Å²) in [6.07, 6.45) is 0.194. The van der Waals surface area contributed by atoms with E-state index in [9.17, 15) is 9.90 Å². The number of nitrogens with one attached hydrogen (secondary N) is 1. The zero-order valence-electron chi connectivity index (χ0n) is 10.3. The summed E-state index contributed by atoms with van der Waals surface area (Å²) in [6.45, 7) is 4.95. The minimum absolute atomic E-state index is 0.00770. The average Bonchev–Trinajstić information content (AvgIpc) is 2.30. The maximum Gasteiger partial charge on any atom is 0.224 e. The largest absolute Gasteiger partial charge is 0.508 e. The van der Waals surface area contributed by atoms with Crippen LogP contribution in [-0.4, -0.2) is 30.3 Å². The van der Waals surface area contributed by atoms with E-state index in [1.807, 2.05) is 13.8 Å². The highest BCUT2D eigenvalue weighted by Crippen LogP contribution is 2.15. The fourth-order valence-corrected chi connectivity index (χ4v) is 1.50. The van der Waals surface area contributed by atoms with Gasteiger partial charge in [0.25, 0.3) is 0 Å². The quantitative estimate of drug-likeness (QED) is 0.787. The van der Waals surface area contributed by atoms with Gasteiger partial charge in [0, 0.05) is 18.7 Å². The van der Waals surface area contributed by atoms with Gasteiger partial charge < -0.3 is 15.2 Å². The van der Waals surface area contributed by atoms with E-state index < -0.39 is 0 Å². The summed E-state index contributed by atoms with van der Waals surface area (Å²) in [6, 6.07) is 6.84. The van der Waals surface area contributed by atoms with Crippen molar-refractivity contribution >= 4 is 5.91 Å².